The fraction of sp³-hybridized carbons (Fsp3) is 0.371. The maximum Gasteiger partial charge on any atom is 0.163 e. The summed E-state index contributed by atoms with van der Waals surface area (Å²) in [6, 6.07) is 20.3. The molecule has 0 atom stereocenters. The summed E-state index contributed by atoms with van der Waals surface area (Å²) < 4.78 is 22.0. The number of ether oxygens (including phenoxy) is 4. The summed E-state index contributed by atoms with van der Waals surface area (Å²) in [6.07, 6.45) is 6.39. The number of nitrogens with zero attached hydrogens (tertiary/aromatic N) is 4. The Labute approximate surface area is 289 Å². The quantitative estimate of drug-likeness (QED) is 0.0417. The van der Waals surface area contributed by atoms with E-state index in [9.17, 15) is 0 Å². The maximum absolute atomic E-state index is 5.89. The van der Waals surface area contributed by atoms with Gasteiger partial charge in [-0.25, -0.2) is 0 Å². The molecule has 3 rings (SSSR count). The highest BCUT2D eigenvalue weighted by atomic mass is 16.5. The van der Waals surface area contributed by atoms with Crippen molar-refractivity contribution in [2.24, 2.45) is 54.8 Å². The number of nitrogens with two attached hydrogens (primary N) is 6. The third-order valence-corrected chi connectivity index (χ3v) is 6.55. The number of hydrogen-bond acceptors (Lipinski definition) is 14. The van der Waals surface area contributed by atoms with Gasteiger partial charge in [-0.05, 0) is 94.3 Å². The number of aliphatic imine (C=N–C) groups is 2. The minimum absolute atomic E-state index is 0.453. The Kier molecular flexibility index (Phi) is 20.7. The van der Waals surface area contributed by atoms with Crippen LogP contribution in [0.2, 0.25) is 0 Å². The van der Waals surface area contributed by atoms with E-state index in [0.29, 0.717) is 74.5 Å². The Hall–Kier alpha value is -4.86. The largest absolute Gasteiger partial charge is 0.494 e. The van der Waals surface area contributed by atoms with Crippen molar-refractivity contribution in [1.29, 1.82) is 0 Å². The number of benzene rings is 3. The monoisotopic (exact) mass is 676 g/mol. The smallest absolute Gasteiger partial charge is 0.163 e. The molecule has 0 heterocycles. The van der Waals surface area contributed by atoms with Gasteiger partial charge in [0.05, 0.1) is 43.6 Å². The van der Waals surface area contributed by atoms with Gasteiger partial charge in [-0.15, -0.1) is 0 Å². The van der Waals surface area contributed by atoms with Gasteiger partial charge < -0.3 is 53.6 Å². The molecule has 0 aliphatic rings. The number of hydrogen-bond donors (Lipinski definition) is 6. The van der Waals surface area contributed by atoms with Crippen molar-refractivity contribution in [2.75, 3.05) is 59.7 Å². The normalized spacial score (nSPS) is 11.9. The Morgan fingerprint density at radius 1 is 0.571 bits per heavy atom. The minimum atomic E-state index is 0.453. The molecular formula is C35H52N10O4. The van der Waals surface area contributed by atoms with Gasteiger partial charge in [0.25, 0.3) is 0 Å². The third-order valence-electron chi connectivity index (χ3n) is 6.55. The van der Waals surface area contributed by atoms with Crippen molar-refractivity contribution in [3.05, 3.63) is 77.9 Å². The van der Waals surface area contributed by atoms with Crippen LogP contribution in [0.25, 0.3) is 0 Å². The highest BCUT2D eigenvalue weighted by Crippen LogP contribution is 2.32. The topological polar surface area (TPSA) is 242 Å². The number of methoxy groups -OCH3 is 1. The molecule has 0 fully saturated rings. The zero-order valence-electron chi connectivity index (χ0n) is 28.4. The molecule has 3 aromatic carbocycles. The molecule has 0 amide bonds. The lowest BCUT2D eigenvalue weighted by atomic mass is 10.0. The van der Waals surface area contributed by atoms with Crippen molar-refractivity contribution in [3.63, 3.8) is 0 Å². The SMILES string of the molecule is COCCCN.NCCCOc1ccc(N=C/C(=N\N)c2cccc(/C(C=Nc3ccc(OCCCN)c(OCCCN)c3)=N/N)c2)cc1. The second-order valence-electron chi connectivity index (χ2n) is 10.4. The second kappa shape index (κ2) is 25.2. The molecule has 0 unspecified atom stereocenters. The van der Waals surface area contributed by atoms with E-state index in [1.54, 1.807) is 25.6 Å². The molecule has 0 aromatic heterocycles. The van der Waals surface area contributed by atoms with E-state index < -0.39 is 0 Å². The molecule has 0 radical (unpaired) electrons. The van der Waals surface area contributed by atoms with Gasteiger partial charge in [-0.3, -0.25) is 9.98 Å². The van der Waals surface area contributed by atoms with E-state index in [0.717, 1.165) is 55.0 Å². The van der Waals surface area contributed by atoms with Crippen LogP contribution >= 0.6 is 0 Å². The Balaban J connectivity index is 0.00000127. The van der Waals surface area contributed by atoms with Crippen LogP contribution < -0.4 is 48.8 Å². The van der Waals surface area contributed by atoms with Crippen LogP contribution in [0, 0.1) is 0 Å². The molecule has 0 saturated heterocycles. The highest BCUT2D eigenvalue weighted by molar-refractivity contribution is 6.41. The minimum Gasteiger partial charge on any atom is -0.494 e. The predicted molar refractivity (Wildman–Crippen MR) is 200 cm³/mol. The number of hydrazone groups is 2. The average molecular weight is 677 g/mol. The summed E-state index contributed by atoms with van der Waals surface area (Å²) in [6.45, 7) is 4.69. The predicted octanol–water partition coefficient (Wildman–Crippen LogP) is 2.98. The fourth-order valence-electron chi connectivity index (χ4n) is 3.94. The summed E-state index contributed by atoms with van der Waals surface area (Å²) in [5.41, 5.74) is 25.6. The summed E-state index contributed by atoms with van der Waals surface area (Å²) in [7, 11) is 1.68. The van der Waals surface area contributed by atoms with Gasteiger partial charge in [0.15, 0.2) is 11.5 Å². The Morgan fingerprint density at radius 3 is 1.57 bits per heavy atom. The van der Waals surface area contributed by atoms with E-state index in [1.165, 1.54) is 0 Å². The summed E-state index contributed by atoms with van der Waals surface area (Å²) in [4.78, 5) is 9.07. The Bertz CT molecular complexity index is 1460. The first kappa shape index (κ1) is 40.3. The third kappa shape index (κ3) is 15.7. The number of rotatable bonds is 21. The van der Waals surface area contributed by atoms with Gasteiger partial charge >= 0.3 is 0 Å². The molecular weight excluding hydrogens is 624 g/mol. The van der Waals surface area contributed by atoms with Crippen LogP contribution in [0.5, 0.6) is 17.2 Å². The highest BCUT2D eigenvalue weighted by Gasteiger charge is 2.09. The zero-order valence-corrected chi connectivity index (χ0v) is 28.4. The van der Waals surface area contributed by atoms with Gasteiger partial charge in [0.1, 0.15) is 17.2 Å². The molecule has 0 aliphatic carbocycles. The van der Waals surface area contributed by atoms with E-state index in [4.69, 9.17) is 53.6 Å². The van der Waals surface area contributed by atoms with Crippen LogP contribution in [-0.2, 0) is 4.74 Å². The zero-order chi connectivity index (χ0) is 35.5. The lowest BCUT2D eigenvalue weighted by Crippen LogP contribution is -2.10. The van der Waals surface area contributed by atoms with Crippen LogP contribution in [0.1, 0.15) is 36.8 Å². The molecule has 14 heteroatoms. The van der Waals surface area contributed by atoms with E-state index >= 15 is 0 Å². The van der Waals surface area contributed by atoms with Gasteiger partial charge in [-0.1, -0.05) is 18.2 Å². The molecule has 3 aromatic rings. The summed E-state index contributed by atoms with van der Waals surface area (Å²) >= 11 is 0. The van der Waals surface area contributed by atoms with Crippen LogP contribution in [-0.4, -0.2) is 83.6 Å². The van der Waals surface area contributed by atoms with Gasteiger partial charge in [-0.2, -0.15) is 10.2 Å². The lowest BCUT2D eigenvalue weighted by molar-refractivity contribution is 0.197. The van der Waals surface area contributed by atoms with Crippen LogP contribution in [0.3, 0.4) is 0 Å². The van der Waals surface area contributed by atoms with Crippen molar-refractivity contribution in [1.82, 2.24) is 0 Å². The fourth-order valence-corrected chi connectivity index (χ4v) is 3.94. The summed E-state index contributed by atoms with van der Waals surface area (Å²) in [5.74, 6) is 13.4. The first-order chi connectivity index (χ1) is 24.0. The van der Waals surface area contributed by atoms with Crippen LogP contribution in [0.15, 0.2) is 86.9 Å². The molecule has 266 valence electrons. The lowest BCUT2D eigenvalue weighted by Gasteiger charge is -2.13. The molecule has 14 nitrogen and oxygen atoms in total. The second-order valence-corrected chi connectivity index (χ2v) is 10.4. The Morgan fingerprint density at radius 2 is 1.06 bits per heavy atom. The molecule has 0 saturated carbocycles. The molecule has 12 N–H and O–H groups in total. The maximum atomic E-state index is 5.89. The van der Waals surface area contributed by atoms with Crippen molar-refractivity contribution in [2.45, 2.75) is 25.7 Å². The van der Waals surface area contributed by atoms with Crippen molar-refractivity contribution >= 4 is 35.2 Å². The molecule has 49 heavy (non-hydrogen) atoms. The molecule has 0 spiro atoms. The summed E-state index contributed by atoms with van der Waals surface area (Å²) in [5, 5.41) is 7.86. The molecule has 0 bridgehead atoms. The van der Waals surface area contributed by atoms with E-state index in [2.05, 4.69) is 20.2 Å². The molecule has 0 aliphatic heterocycles. The van der Waals surface area contributed by atoms with Gasteiger partial charge in [0, 0.05) is 30.9 Å². The van der Waals surface area contributed by atoms with E-state index in [-0.39, 0.29) is 0 Å². The van der Waals surface area contributed by atoms with E-state index in [1.807, 2.05) is 60.7 Å². The van der Waals surface area contributed by atoms with Crippen molar-refractivity contribution in [3.8, 4) is 17.2 Å². The van der Waals surface area contributed by atoms with Crippen LogP contribution in [0.4, 0.5) is 11.4 Å². The first-order valence-corrected chi connectivity index (χ1v) is 16.2. The standard InChI is InChI=1S/C31H41N9O3.C4H11NO/c32-13-2-16-41-27-10-7-25(8-11-27)37-21-28(39-35)23-5-1-6-24(19-23)29(40-36)22-38-26-9-12-30(42-17-3-14-33)31(20-26)43-18-4-15-34;1-6-4-2-3-5/h1,5-12,19-22H,2-4,13-18,32-36H2;2-5H2,1H3/b37-21?,38-22?,39-28+,40-29+;. The van der Waals surface area contributed by atoms with Gasteiger partial charge in [0.2, 0.25) is 0 Å². The first-order valence-electron chi connectivity index (χ1n) is 16.2. The average Bonchev–Trinajstić information content (AvgIpc) is 3.13. The van der Waals surface area contributed by atoms with Crippen molar-refractivity contribution < 1.29 is 18.9 Å².